The number of likely N-dealkylation sites (tertiary alicyclic amines) is 1. The normalized spacial score (nSPS) is 28.1. The van der Waals surface area contributed by atoms with Crippen molar-refractivity contribution in [3.8, 4) is 0 Å². The number of esters is 1. The highest BCUT2D eigenvalue weighted by Gasteiger charge is 2.77. The molecule has 3 aliphatic heterocycles. The summed E-state index contributed by atoms with van der Waals surface area (Å²) in [6, 6.07) is 6.54. The number of unbranched alkanes of at least 4 members (excludes halogenated alkanes) is 1. The van der Waals surface area contributed by atoms with Gasteiger partial charge in [-0.25, -0.2) is 0 Å². The number of ether oxygens (including phenoxy) is 1. The van der Waals surface area contributed by atoms with Crippen LogP contribution in [0.5, 0.6) is 0 Å². The second kappa shape index (κ2) is 13.9. The number of aliphatic hydroxyl groups excluding tert-OH is 1. The first-order valence-electron chi connectivity index (χ1n) is 15.8. The average molecular weight is 612 g/mol. The summed E-state index contributed by atoms with van der Waals surface area (Å²) in [6.45, 7) is 19.9. The lowest BCUT2D eigenvalue weighted by Gasteiger charge is -2.42. The zero-order valence-corrected chi connectivity index (χ0v) is 27.2. The number of fused-ring (bicyclic) bond motifs is 1. The van der Waals surface area contributed by atoms with Crippen LogP contribution in [0.2, 0.25) is 0 Å². The van der Waals surface area contributed by atoms with Gasteiger partial charge in [-0.1, -0.05) is 32.9 Å². The molecule has 0 aromatic heterocycles. The van der Waals surface area contributed by atoms with Gasteiger partial charge in [0, 0.05) is 36.3 Å². The molecule has 0 radical (unpaired) electrons. The Kier molecular flexibility index (Phi) is 10.7. The van der Waals surface area contributed by atoms with Gasteiger partial charge in [-0.05, 0) is 69.2 Å². The summed E-state index contributed by atoms with van der Waals surface area (Å²) >= 11 is 1.62. The van der Waals surface area contributed by atoms with Crippen molar-refractivity contribution in [2.75, 3.05) is 42.6 Å². The molecule has 0 aliphatic carbocycles. The predicted octanol–water partition coefficient (Wildman–Crippen LogP) is 4.92. The number of carbonyl (C=O) groups is 3. The van der Waals surface area contributed by atoms with E-state index in [9.17, 15) is 19.5 Å². The molecule has 9 heteroatoms. The molecule has 1 aromatic carbocycles. The Bertz CT molecular complexity index is 1180. The number of aliphatic hydroxyl groups is 1. The van der Waals surface area contributed by atoms with E-state index in [-0.39, 0.29) is 54.6 Å². The Balaban J connectivity index is 1.77. The van der Waals surface area contributed by atoms with E-state index < -0.39 is 28.7 Å². The second-order valence-corrected chi connectivity index (χ2v) is 13.9. The molecule has 3 fully saturated rings. The van der Waals surface area contributed by atoms with Crippen LogP contribution in [-0.4, -0.2) is 82.7 Å². The van der Waals surface area contributed by atoms with Gasteiger partial charge in [-0.3, -0.25) is 14.4 Å². The van der Waals surface area contributed by atoms with Gasteiger partial charge in [0.2, 0.25) is 5.91 Å². The number of carbonyl (C=O) groups excluding carboxylic acids is 3. The minimum Gasteiger partial charge on any atom is -0.465 e. The summed E-state index contributed by atoms with van der Waals surface area (Å²) < 4.78 is 4.91. The molecule has 1 N–H and O–H groups in total. The predicted molar refractivity (Wildman–Crippen MR) is 174 cm³/mol. The van der Waals surface area contributed by atoms with E-state index in [0.29, 0.717) is 6.42 Å². The quantitative estimate of drug-likeness (QED) is 0.171. The van der Waals surface area contributed by atoms with Crippen LogP contribution in [0.3, 0.4) is 0 Å². The largest absolute Gasteiger partial charge is 0.465 e. The second-order valence-electron chi connectivity index (χ2n) is 12.3. The molecule has 0 saturated carbocycles. The van der Waals surface area contributed by atoms with Crippen molar-refractivity contribution in [1.29, 1.82) is 0 Å². The minimum absolute atomic E-state index is 0.0161. The zero-order valence-electron chi connectivity index (χ0n) is 26.4. The number of rotatable bonds is 15. The van der Waals surface area contributed by atoms with Crippen LogP contribution in [0.25, 0.3) is 0 Å². The number of anilines is 2. The van der Waals surface area contributed by atoms with Crippen molar-refractivity contribution in [2.24, 2.45) is 23.7 Å². The molecule has 7 atom stereocenters. The standard InChI is InChI=1S/C34H49N3O5S/c1-8-12-13-19-42-33(41)28-27-20-23(7)34(43-27)29(28)31(39)37(26(21-38)22(5)6)30(34)32(40)36(18-9-2)25-16-14-24(15-17-25)35(10-3)11-4/h8-9,14-17,22-23,26-30,38H,1-2,10-13,18-21H2,3-7H3/t23?,26-,27+,28-,29-,30?,34?/m0/s1. The van der Waals surface area contributed by atoms with Gasteiger partial charge < -0.3 is 24.5 Å². The van der Waals surface area contributed by atoms with Crippen LogP contribution < -0.4 is 9.80 Å². The molecule has 3 heterocycles. The number of amides is 2. The van der Waals surface area contributed by atoms with Crippen LogP contribution in [0, 0.1) is 23.7 Å². The zero-order chi connectivity index (χ0) is 31.5. The van der Waals surface area contributed by atoms with E-state index in [2.05, 4.69) is 38.8 Å². The van der Waals surface area contributed by atoms with Crippen molar-refractivity contribution in [1.82, 2.24) is 4.90 Å². The van der Waals surface area contributed by atoms with E-state index in [0.717, 1.165) is 37.3 Å². The number of allylic oxidation sites excluding steroid dienone is 1. The van der Waals surface area contributed by atoms with Crippen molar-refractivity contribution in [2.45, 2.75) is 76.0 Å². The summed E-state index contributed by atoms with van der Waals surface area (Å²) in [5.74, 6) is -2.17. The highest BCUT2D eigenvalue weighted by molar-refractivity contribution is 8.02. The Labute approximate surface area is 261 Å². The van der Waals surface area contributed by atoms with Crippen molar-refractivity contribution in [3.63, 3.8) is 0 Å². The fourth-order valence-corrected chi connectivity index (χ4v) is 9.90. The van der Waals surface area contributed by atoms with Crippen LogP contribution in [0.15, 0.2) is 49.6 Å². The Morgan fingerprint density at radius 1 is 1.16 bits per heavy atom. The monoisotopic (exact) mass is 611 g/mol. The van der Waals surface area contributed by atoms with Gasteiger partial charge >= 0.3 is 5.97 Å². The van der Waals surface area contributed by atoms with Gasteiger partial charge in [0.1, 0.15) is 6.04 Å². The fourth-order valence-electron chi connectivity index (χ4n) is 7.51. The summed E-state index contributed by atoms with van der Waals surface area (Å²) in [6.07, 6.45) is 5.64. The molecular weight excluding hydrogens is 562 g/mol. The molecule has 3 aliphatic rings. The van der Waals surface area contributed by atoms with E-state index in [1.54, 1.807) is 33.7 Å². The molecule has 3 unspecified atom stereocenters. The van der Waals surface area contributed by atoms with E-state index in [4.69, 9.17) is 4.74 Å². The first kappa shape index (κ1) is 33.1. The van der Waals surface area contributed by atoms with Crippen LogP contribution in [0.4, 0.5) is 11.4 Å². The maximum atomic E-state index is 14.9. The summed E-state index contributed by atoms with van der Waals surface area (Å²) in [5.41, 5.74) is 1.80. The Morgan fingerprint density at radius 2 is 1.81 bits per heavy atom. The lowest BCUT2D eigenvalue weighted by Crippen LogP contribution is -2.60. The highest BCUT2D eigenvalue weighted by atomic mass is 32.2. The maximum Gasteiger partial charge on any atom is 0.310 e. The van der Waals surface area contributed by atoms with E-state index >= 15 is 0 Å². The topological polar surface area (TPSA) is 90.4 Å². The van der Waals surface area contributed by atoms with Gasteiger partial charge in [0.05, 0.1) is 35.8 Å². The summed E-state index contributed by atoms with van der Waals surface area (Å²) in [5, 5.41) is 10.5. The van der Waals surface area contributed by atoms with E-state index in [1.807, 2.05) is 38.1 Å². The van der Waals surface area contributed by atoms with Gasteiger partial charge in [0.25, 0.3) is 5.91 Å². The number of hydrogen-bond donors (Lipinski definition) is 1. The fraction of sp³-hybridized carbons (Fsp3) is 0.618. The number of thioether (sulfide) groups is 1. The smallest absolute Gasteiger partial charge is 0.310 e. The third kappa shape index (κ3) is 5.75. The third-order valence-electron chi connectivity index (χ3n) is 9.67. The minimum atomic E-state index is -0.837. The molecule has 43 heavy (non-hydrogen) atoms. The summed E-state index contributed by atoms with van der Waals surface area (Å²) in [4.78, 5) is 48.6. The molecule has 2 amide bonds. The van der Waals surface area contributed by atoms with Gasteiger partial charge in [-0.2, -0.15) is 0 Å². The van der Waals surface area contributed by atoms with Crippen LogP contribution in [-0.2, 0) is 19.1 Å². The lowest BCUT2D eigenvalue weighted by molar-refractivity contribution is -0.155. The Hall–Kier alpha value is -2.78. The van der Waals surface area contributed by atoms with Crippen LogP contribution in [0.1, 0.15) is 53.9 Å². The first-order chi connectivity index (χ1) is 20.6. The van der Waals surface area contributed by atoms with Gasteiger partial charge in [0.15, 0.2) is 0 Å². The third-order valence-corrected chi connectivity index (χ3v) is 11.7. The molecule has 236 valence electrons. The number of nitrogens with zero attached hydrogens (tertiary/aromatic N) is 3. The van der Waals surface area contributed by atoms with Crippen molar-refractivity contribution >= 4 is 40.9 Å². The van der Waals surface area contributed by atoms with Crippen molar-refractivity contribution in [3.05, 3.63) is 49.6 Å². The Morgan fingerprint density at radius 3 is 2.37 bits per heavy atom. The number of benzene rings is 1. The summed E-state index contributed by atoms with van der Waals surface area (Å²) in [7, 11) is 0. The number of hydrogen-bond acceptors (Lipinski definition) is 7. The first-order valence-corrected chi connectivity index (χ1v) is 16.7. The van der Waals surface area contributed by atoms with E-state index in [1.165, 1.54) is 0 Å². The molecular formula is C34H49N3O5S. The molecule has 1 spiro atoms. The molecule has 8 nitrogen and oxygen atoms in total. The lowest BCUT2D eigenvalue weighted by atomic mass is 9.66. The maximum absolute atomic E-state index is 14.9. The average Bonchev–Trinajstić information content (AvgIpc) is 3.59. The SMILES string of the molecule is C=CCCCOC(=O)[C@@H]1[C@H]2C(=O)N([C@@H](CO)C(C)C)C(C(=O)N(CC=C)c3ccc(N(CC)CC)cc3)C23S[C@@H]1CC3C. The van der Waals surface area contributed by atoms with Crippen LogP contribution >= 0.6 is 11.8 Å². The molecule has 4 rings (SSSR count). The van der Waals surface area contributed by atoms with Gasteiger partial charge in [-0.15, -0.1) is 24.9 Å². The molecule has 1 aromatic rings. The van der Waals surface area contributed by atoms with Crippen molar-refractivity contribution < 1.29 is 24.2 Å². The highest BCUT2D eigenvalue weighted by Crippen LogP contribution is 2.69. The molecule has 2 bridgehead atoms. The molecule has 3 saturated heterocycles.